The van der Waals surface area contributed by atoms with Crippen LogP contribution >= 0.6 is 11.6 Å². The van der Waals surface area contributed by atoms with Gasteiger partial charge in [0.25, 0.3) is 0 Å². The molecule has 4 N–H and O–H groups in total. The van der Waals surface area contributed by atoms with E-state index in [-0.39, 0.29) is 24.8 Å². The van der Waals surface area contributed by atoms with Crippen LogP contribution in [0.15, 0.2) is 18.2 Å². The highest BCUT2D eigenvalue weighted by Crippen LogP contribution is 2.27. The molecule has 4 heteroatoms. The number of rotatable bonds is 3. The van der Waals surface area contributed by atoms with Crippen molar-refractivity contribution in [2.45, 2.75) is 5.92 Å². The highest BCUT2D eigenvalue weighted by Gasteiger charge is 2.12. The highest BCUT2D eigenvalue weighted by atomic mass is 35.5. The van der Waals surface area contributed by atoms with Gasteiger partial charge in [0.1, 0.15) is 5.75 Å². The molecule has 0 aliphatic carbocycles. The van der Waals surface area contributed by atoms with Crippen molar-refractivity contribution >= 4 is 11.6 Å². The summed E-state index contributed by atoms with van der Waals surface area (Å²) in [6.07, 6.45) is 0. The van der Waals surface area contributed by atoms with Crippen molar-refractivity contribution in [3.05, 3.63) is 28.8 Å². The fourth-order valence-corrected chi connectivity index (χ4v) is 1.33. The number of halogens is 1. The summed E-state index contributed by atoms with van der Waals surface area (Å²) < 4.78 is 0. The van der Waals surface area contributed by atoms with E-state index < -0.39 is 0 Å². The number of aliphatic hydroxyl groups excluding tert-OH is 1. The molecule has 0 aromatic heterocycles. The number of phenolic OH excluding ortho intramolecular Hbond substituents is 1. The first-order valence-corrected chi connectivity index (χ1v) is 4.36. The molecule has 1 unspecified atom stereocenters. The molecular formula is C9H12ClNO2. The Hall–Kier alpha value is -0.770. The summed E-state index contributed by atoms with van der Waals surface area (Å²) in [5.41, 5.74) is 6.01. The van der Waals surface area contributed by atoms with E-state index in [4.69, 9.17) is 22.4 Å². The topological polar surface area (TPSA) is 66.5 Å². The average Bonchev–Trinajstić information content (AvgIpc) is 2.13. The van der Waals surface area contributed by atoms with Crippen molar-refractivity contribution in [3.8, 4) is 5.75 Å². The molecule has 0 bridgehead atoms. The first-order valence-electron chi connectivity index (χ1n) is 3.98. The summed E-state index contributed by atoms with van der Waals surface area (Å²) in [4.78, 5) is 0. The maximum atomic E-state index is 9.44. The van der Waals surface area contributed by atoms with Crippen LogP contribution in [0.4, 0.5) is 0 Å². The number of hydrogen-bond donors (Lipinski definition) is 3. The Kier molecular flexibility index (Phi) is 3.54. The monoisotopic (exact) mass is 201 g/mol. The third-order valence-corrected chi connectivity index (χ3v) is 2.17. The zero-order valence-corrected chi connectivity index (χ0v) is 7.83. The maximum absolute atomic E-state index is 9.44. The molecule has 3 nitrogen and oxygen atoms in total. The van der Waals surface area contributed by atoms with Gasteiger partial charge in [-0.25, -0.2) is 0 Å². The smallest absolute Gasteiger partial charge is 0.119 e. The predicted octanol–water partition coefficient (Wildman–Crippen LogP) is 1.08. The second-order valence-corrected chi connectivity index (χ2v) is 3.25. The lowest BCUT2D eigenvalue weighted by Gasteiger charge is -2.13. The summed E-state index contributed by atoms with van der Waals surface area (Å²) in [6, 6.07) is 4.70. The fraction of sp³-hybridized carbons (Fsp3) is 0.333. The Balaban J connectivity index is 3.03. The van der Waals surface area contributed by atoms with Gasteiger partial charge < -0.3 is 15.9 Å². The van der Waals surface area contributed by atoms with E-state index in [9.17, 15) is 5.11 Å². The Morgan fingerprint density at radius 3 is 2.69 bits per heavy atom. The van der Waals surface area contributed by atoms with Crippen molar-refractivity contribution in [3.63, 3.8) is 0 Å². The van der Waals surface area contributed by atoms with Crippen LogP contribution in [0, 0.1) is 0 Å². The standard InChI is InChI=1S/C9H12ClNO2/c10-7-1-2-9(13)8(3-7)6(4-11)5-12/h1-3,6,12-13H,4-5,11H2. The van der Waals surface area contributed by atoms with Gasteiger partial charge in [-0.05, 0) is 18.2 Å². The number of nitrogens with two attached hydrogens (primary N) is 1. The van der Waals surface area contributed by atoms with Crippen LogP contribution in [0.25, 0.3) is 0 Å². The van der Waals surface area contributed by atoms with E-state index in [0.717, 1.165) is 0 Å². The minimum atomic E-state index is -0.251. The number of phenols is 1. The highest BCUT2D eigenvalue weighted by molar-refractivity contribution is 6.30. The largest absolute Gasteiger partial charge is 0.508 e. The van der Waals surface area contributed by atoms with Gasteiger partial charge in [-0.15, -0.1) is 0 Å². The molecule has 72 valence electrons. The lowest BCUT2D eigenvalue weighted by Crippen LogP contribution is -2.16. The summed E-state index contributed by atoms with van der Waals surface area (Å²) in [6.45, 7) is 0.189. The van der Waals surface area contributed by atoms with Crippen molar-refractivity contribution in [1.29, 1.82) is 0 Å². The molecule has 0 heterocycles. The maximum Gasteiger partial charge on any atom is 0.119 e. The first-order chi connectivity index (χ1) is 6.19. The van der Waals surface area contributed by atoms with Gasteiger partial charge in [-0.3, -0.25) is 0 Å². The summed E-state index contributed by atoms with van der Waals surface area (Å²) in [5.74, 6) is -0.132. The minimum Gasteiger partial charge on any atom is -0.508 e. The zero-order chi connectivity index (χ0) is 9.84. The second kappa shape index (κ2) is 4.46. The van der Waals surface area contributed by atoms with Gasteiger partial charge in [0.2, 0.25) is 0 Å². The van der Waals surface area contributed by atoms with E-state index >= 15 is 0 Å². The van der Waals surface area contributed by atoms with Crippen LogP contribution in [-0.2, 0) is 0 Å². The summed E-state index contributed by atoms with van der Waals surface area (Å²) >= 11 is 5.74. The molecule has 0 saturated carbocycles. The van der Waals surface area contributed by atoms with Gasteiger partial charge in [0, 0.05) is 23.0 Å². The fourth-order valence-electron chi connectivity index (χ4n) is 1.15. The predicted molar refractivity (Wildman–Crippen MR) is 52.0 cm³/mol. The number of aliphatic hydroxyl groups is 1. The number of benzene rings is 1. The number of hydrogen-bond acceptors (Lipinski definition) is 3. The lowest BCUT2D eigenvalue weighted by molar-refractivity contribution is 0.265. The molecule has 0 amide bonds. The van der Waals surface area contributed by atoms with E-state index in [2.05, 4.69) is 0 Å². The van der Waals surface area contributed by atoms with Crippen LogP contribution < -0.4 is 5.73 Å². The quantitative estimate of drug-likeness (QED) is 0.686. The molecule has 0 spiro atoms. The molecule has 0 saturated heterocycles. The van der Waals surface area contributed by atoms with E-state index in [1.165, 1.54) is 6.07 Å². The molecule has 0 fully saturated rings. The molecule has 1 atom stereocenters. The zero-order valence-electron chi connectivity index (χ0n) is 7.07. The van der Waals surface area contributed by atoms with E-state index in [0.29, 0.717) is 10.6 Å². The third-order valence-electron chi connectivity index (χ3n) is 1.93. The Morgan fingerprint density at radius 2 is 2.15 bits per heavy atom. The third kappa shape index (κ3) is 2.34. The number of aromatic hydroxyl groups is 1. The molecule has 0 aliphatic heterocycles. The Morgan fingerprint density at radius 1 is 1.46 bits per heavy atom. The van der Waals surface area contributed by atoms with E-state index in [1.807, 2.05) is 0 Å². The van der Waals surface area contributed by atoms with Gasteiger partial charge in [-0.2, -0.15) is 0 Å². The van der Waals surface area contributed by atoms with Gasteiger partial charge in [-0.1, -0.05) is 11.6 Å². The first kappa shape index (κ1) is 10.3. The van der Waals surface area contributed by atoms with Crippen LogP contribution in [-0.4, -0.2) is 23.4 Å². The Bertz CT molecular complexity index is 287. The van der Waals surface area contributed by atoms with Gasteiger partial charge >= 0.3 is 0 Å². The normalized spacial score (nSPS) is 12.8. The molecule has 0 aliphatic rings. The molecule has 13 heavy (non-hydrogen) atoms. The SMILES string of the molecule is NCC(CO)c1cc(Cl)ccc1O. The van der Waals surface area contributed by atoms with Crippen molar-refractivity contribution in [2.24, 2.45) is 5.73 Å². The Labute approximate surface area is 81.8 Å². The minimum absolute atomic E-state index is 0.0929. The van der Waals surface area contributed by atoms with E-state index in [1.54, 1.807) is 12.1 Å². The molecule has 1 rings (SSSR count). The van der Waals surface area contributed by atoms with Gasteiger partial charge in [0.15, 0.2) is 0 Å². The summed E-state index contributed by atoms with van der Waals surface area (Å²) in [5, 5.41) is 18.9. The average molecular weight is 202 g/mol. The van der Waals surface area contributed by atoms with Crippen LogP contribution in [0.1, 0.15) is 11.5 Å². The summed E-state index contributed by atoms with van der Waals surface area (Å²) in [7, 11) is 0. The van der Waals surface area contributed by atoms with Crippen LogP contribution in [0.5, 0.6) is 5.75 Å². The van der Waals surface area contributed by atoms with Crippen molar-refractivity contribution in [2.75, 3.05) is 13.2 Å². The molecular weight excluding hydrogens is 190 g/mol. The van der Waals surface area contributed by atoms with Crippen LogP contribution in [0.3, 0.4) is 0 Å². The van der Waals surface area contributed by atoms with Crippen LogP contribution in [0.2, 0.25) is 5.02 Å². The van der Waals surface area contributed by atoms with Crippen molar-refractivity contribution < 1.29 is 10.2 Å². The molecule has 1 aromatic rings. The van der Waals surface area contributed by atoms with Gasteiger partial charge in [0.05, 0.1) is 6.61 Å². The van der Waals surface area contributed by atoms with Crippen molar-refractivity contribution in [1.82, 2.24) is 0 Å². The molecule has 1 aromatic carbocycles. The second-order valence-electron chi connectivity index (χ2n) is 2.82. The molecule has 0 radical (unpaired) electrons. The lowest BCUT2D eigenvalue weighted by atomic mass is 9.99.